The zero-order chi connectivity index (χ0) is 22.1. The third-order valence-corrected chi connectivity index (χ3v) is 5.59. The molecule has 4 rings (SSSR count). The van der Waals surface area contributed by atoms with E-state index in [0.717, 1.165) is 5.56 Å². The molecule has 1 aliphatic heterocycles. The number of hydrogen-bond acceptors (Lipinski definition) is 5. The van der Waals surface area contributed by atoms with Crippen molar-refractivity contribution >= 4 is 28.5 Å². The molecule has 0 saturated heterocycles. The second-order valence-corrected chi connectivity index (χ2v) is 8.20. The average Bonchev–Trinajstić information content (AvgIpc) is 3.04. The van der Waals surface area contributed by atoms with Gasteiger partial charge in [0, 0.05) is 18.2 Å². The standard InChI is InChI=1S/C24H24ClNO5/c1-14(2)30-12-4-11-26-21(15-5-8-17(29-3)9-6-15)20-22(27)18-13-16(25)7-10-19(18)31-23(20)24(26)28/h5-10,13-14,21H,4,11-12H2,1-3H3. The molecule has 0 radical (unpaired) electrons. The van der Waals surface area contributed by atoms with E-state index in [1.165, 1.54) is 0 Å². The van der Waals surface area contributed by atoms with Gasteiger partial charge in [-0.25, -0.2) is 0 Å². The minimum Gasteiger partial charge on any atom is -0.497 e. The van der Waals surface area contributed by atoms with Crippen molar-refractivity contribution in [3.05, 3.63) is 74.6 Å². The molecular formula is C24H24ClNO5. The summed E-state index contributed by atoms with van der Waals surface area (Å²) in [5.74, 6) is 0.488. The van der Waals surface area contributed by atoms with Gasteiger partial charge >= 0.3 is 0 Å². The second-order valence-electron chi connectivity index (χ2n) is 7.76. The van der Waals surface area contributed by atoms with Crippen molar-refractivity contribution < 1.29 is 18.7 Å². The summed E-state index contributed by atoms with van der Waals surface area (Å²) in [6, 6.07) is 11.7. The molecule has 31 heavy (non-hydrogen) atoms. The van der Waals surface area contributed by atoms with Crippen LogP contribution in [0, 0.1) is 0 Å². The Hall–Kier alpha value is -2.83. The highest BCUT2D eigenvalue weighted by Crippen LogP contribution is 2.38. The monoisotopic (exact) mass is 441 g/mol. The number of nitrogens with zero attached hydrogens (tertiary/aromatic N) is 1. The third kappa shape index (κ3) is 4.05. The van der Waals surface area contributed by atoms with Gasteiger partial charge in [-0.2, -0.15) is 0 Å². The fourth-order valence-electron chi connectivity index (χ4n) is 3.91. The van der Waals surface area contributed by atoms with Crippen LogP contribution in [0.15, 0.2) is 51.7 Å². The van der Waals surface area contributed by atoms with Crippen LogP contribution in [0.3, 0.4) is 0 Å². The van der Waals surface area contributed by atoms with Gasteiger partial charge in [0.2, 0.25) is 5.76 Å². The van der Waals surface area contributed by atoms with Crippen LogP contribution in [-0.2, 0) is 4.74 Å². The van der Waals surface area contributed by atoms with Crippen LogP contribution < -0.4 is 10.2 Å². The van der Waals surface area contributed by atoms with Crippen LogP contribution in [0.4, 0.5) is 0 Å². The van der Waals surface area contributed by atoms with Gasteiger partial charge in [-0.3, -0.25) is 9.59 Å². The highest BCUT2D eigenvalue weighted by molar-refractivity contribution is 6.31. The number of rotatable bonds is 7. The number of methoxy groups -OCH3 is 1. The Morgan fingerprint density at radius 3 is 2.55 bits per heavy atom. The molecule has 0 bridgehead atoms. The van der Waals surface area contributed by atoms with Crippen LogP contribution in [0.1, 0.15) is 48.0 Å². The number of fused-ring (bicyclic) bond motifs is 2. The summed E-state index contributed by atoms with van der Waals surface area (Å²) in [6.07, 6.45) is 0.756. The van der Waals surface area contributed by atoms with Gasteiger partial charge in [-0.1, -0.05) is 23.7 Å². The molecule has 1 unspecified atom stereocenters. The van der Waals surface area contributed by atoms with Gasteiger partial charge in [0.05, 0.1) is 30.2 Å². The fraction of sp³-hybridized carbons (Fsp3) is 0.333. The first kappa shape index (κ1) is 21.4. The third-order valence-electron chi connectivity index (χ3n) is 5.35. The smallest absolute Gasteiger partial charge is 0.290 e. The molecule has 0 spiro atoms. The van der Waals surface area contributed by atoms with Crippen LogP contribution in [0.2, 0.25) is 5.02 Å². The molecule has 1 atom stereocenters. The van der Waals surface area contributed by atoms with E-state index in [9.17, 15) is 9.59 Å². The van der Waals surface area contributed by atoms with Crippen LogP contribution in [-0.4, -0.2) is 37.2 Å². The summed E-state index contributed by atoms with van der Waals surface area (Å²) in [5.41, 5.74) is 1.26. The van der Waals surface area contributed by atoms with Crippen LogP contribution in [0.5, 0.6) is 5.75 Å². The van der Waals surface area contributed by atoms with Crippen LogP contribution >= 0.6 is 11.6 Å². The first-order valence-corrected chi connectivity index (χ1v) is 10.6. The molecule has 0 aliphatic carbocycles. The van der Waals surface area contributed by atoms with E-state index in [-0.39, 0.29) is 23.2 Å². The quantitative estimate of drug-likeness (QED) is 0.492. The molecule has 162 valence electrons. The second kappa shape index (κ2) is 8.73. The van der Waals surface area contributed by atoms with Gasteiger partial charge in [-0.05, 0) is 56.2 Å². The predicted molar refractivity (Wildman–Crippen MR) is 119 cm³/mol. The Kier molecular flexibility index (Phi) is 6.03. The largest absolute Gasteiger partial charge is 0.497 e. The predicted octanol–water partition coefficient (Wildman–Crippen LogP) is 4.82. The van der Waals surface area contributed by atoms with Gasteiger partial charge in [0.1, 0.15) is 11.3 Å². The lowest BCUT2D eigenvalue weighted by Gasteiger charge is -2.25. The van der Waals surface area contributed by atoms with E-state index >= 15 is 0 Å². The molecule has 1 aliphatic rings. The molecule has 0 saturated carbocycles. The average molecular weight is 442 g/mol. The Morgan fingerprint density at radius 2 is 1.87 bits per heavy atom. The summed E-state index contributed by atoms with van der Waals surface area (Å²) in [7, 11) is 1.59. The summed E-state index contributed by atoms with van der Waals surface area (Å²) in [5, 5.41) is 0.801. The number of carbonyl (C=O) groups is 1. The molecule has 2 aromatic carbocycles. The summed E-state index contributed by atoms with van der Waals surface area (Å²) < 4.78 is 16.8. The Labute approximate surface area is 185 Å². The number of ether oxygens (including phenoxy) is 2. The molecule has 3 aromatic rings. The van der Waals surface area contributed by atoms with E-state index < -0.39 is 6.04 Å². The molecule has 7 heteroatoms. The van der Waals surface area contributed by atoms with E-state index in [4.69, 9.17) is 25.5 Å². The first-order chi connectivity index (χ1) is 14.9. The maximum absolute atomic E-state index is 13.4. The zero-order valence-corrected chi connectivity index (χ0v) is 18.4. The zero-order valence-electron chi connectivity index (χ0n) is 17.7. The minimum absolute atomic E-state index is 0.0884. The lowest BCUT2D eigenvalue weighted by Crippen LogP contribution is -2.31. The Balaban J connectivity index is 1.81. The number of hydrogen-bond donors (Lipinski definition) is 0. The Bertz CT molecular complexity index is 1170. The van der Waals surface area contributed by atoms with E-state index in [2.05, 4.69) is 0 Å². The number of benzene rings is 2. The van der Waals surface area contributed by atoms with Gasteiger partial charge < -0.3 is 18.8 Å². The van der Waals surface area contributed by atoms with Crippen molar-refractivity contribution in [3.8, 4) is 5.75 Å². The number of amides is 1. The van der Waals surface area contributed by atoms with Crippen molar-refractivity contribution in [2.24, 2.45) is 0 Å². The molecule has 0 fully saturated rings. The van der Waals surface area contributed by atoms with Crippen molar-refractivity contribution in [2.45, 2.75) is 32.4 Å². The molecule has 1 amide bonds. The molecule has 0 N–H and O–H groups in total. The van der Waals surface area contributed by atoms with Gasteiger partial charge in [0.15, 0.2) is 5.43 Å². The Morgan fingerprint density at radius 1 is 1.13 bits per heavy atom. The summed E-state index contributed by atoms with van der Waals surface area (Å²) in [4.78, 5) is 28.4. The van der Waals surface area contributed by atoms with Crippen molar-refractivity contribution in [3.63, 3.8) is 0 Å². The lowest BCUT2D eigenvalue weighted by atomic mass is 9.98. The first-order valence-electron chi connectivity index (χ1n) is 10.2. The molecule has 2 heterocycles. The van der Waals surface area contributed by atoms with Gasteiger partial charge in [-0.15, -0.1) is 0 Å². The lowest BCUT2D eigenvalue weighted by molar-refractivity contribution is 0.0593. The van der Waals surface area contributed by atoms with E-state index in [1.54, 1.807) is 30.2 Å². The highest BCUT2D eigenvalue weighted by Gasteiger charge is 2.42. The molecule has 6 nitrogen and oxygen atoms in total. The van der Waals surface area contributed by atoms with E-state index in [1.807, 2.05) is 38.1 Å². The number of halogens is 1. The minimum atomic E-state index is -0.549. The van der Waals surface area contributed by atoms with Crippen LogP contribution in [0.25, 0.3) is 11.0 Å². The van der Waals surface area contributed by atoms with Crippen molar-refractivity contribution in [2.75, 3.05) is 20.3 Å². The van der Waals surface area contributed by atoms with Gasteiger partial charge in [0.25, 0.3) is 5.91 Å². The fourth-order valence-corrected chi connectivity index (χ4v) is 4.08. The van der Waals surface area contributed by atoms with Crippen molar-refractivity contribution in [1.29, 1.82) is 0 Å². The van der Waals surface area contributed by atoms with Crippen molar-refractivity contribution in [1.82, 2.24) is 4.90 Å². The maximum Gasteiger partial charge on any atom is 0.290 e. The maximum atomic E-state index is 13.4. The number of carbonyl (C=O) groups excluding carboxylic acids is 1. The highest BCUT2D eigenvalue weighted by atomic mass is 35.5. The molecule has 1 aromatic heterocycles. The SMILES string of the molecule is COc1ccc(C2c3c(oc4ccc(Cl)cc4c3=O)C(=O)N2CCCOC(C)C)cc1. The molecular weight excluding hydrogens is 418 g/mol. The summed E-state index contributed by atoms with van der Waals surface area (Å²) >= 11 is 6.11. The van der Waals surface area contributed by atoms with E-state index in [0.29, 0.717) is 46.9 Å². The summed E-state index contributed by atoms with van der Waals surface area (Å²) in [6.45, 7) is 4.89. The topological polar surface area (TPSA) is 69.0 Å². The normalized spacial score (nSPS) is 15.7.